The zero-order valence-electron chi connectivity index (χ0n) is 13.2. The Labute approximate surface area is 135 Å². The number of nitrogens with one attached hydrogen (secondary N) is 2. The molecule has 0 atom stereocenters. The standard InChI is InChI=1S/C17H22N2O4/c1-17(9-2-3-10-17)16(23)19-13-6-4-12(5-7-13)15(22)18-11-8-14(20)21/h4-7H,2-3,8-11H2,1H3,(H,18,22)(H,19,23)(H,20,21). The van der Waals surface area contributed by atoms with Gasteiger partial charge in [-0.2, -0.15) is 0 Å². The summed E-state index contributed by atoms with van der Waals surface area (Å²) < 4.78 is 0. The Kier molecular flexibility index (Phi) is 5.36. The van der Waals surface area contributed by atoms with Gasteiger partial charge in [0.2, 0.25) is 5.91 Å². The number of carbonyl (C=O) groups is 3. The van der Waals surface area contributed by atoms with E-state index in [1.807, 2.05) is 6.92 Å². The second-order valence-corrected chi connectivity index (χ2v) is 6.20. The number of carboxylic acids is 1. The predicted octanol–water partition coefficient (Wildman–Crippen LogP) is 2.41. The van der Waals surface area contributed by atoms with E-state index < -0.39 is 5.97 Å². The lowest BCUT2D eigenvalue weighted by Crippen LogP contribution is -2.30. The number of hydrogen-bond acceptors (Lipinski definition) is 3. The van der Waals surface area contributed by atoms with E-state index in [4.69, 9.17) is 5.11 Å². The van der Waals surface area contributed by atoms with E-state index >= 15 is 0 Å². The molecule has 1 aliphatic rings. The number of amides is 2. The number of carboxylic acid groups (broad SMARTS) is 1. The maximum Gasteiger partial charge on any atom is 0.305 e. The molecule has 23 heavy (non-hydrogen) atoms. The fraction of sp³-hybridized carbons (Fsp3) is 0.471. The molecule has 1 fully saturated rings. The van der Waals surface area contributed by atoms with E-state index in [0.29, 0.717) is 11.3 Å². The molecular weight excluding hydrogens is 296 g/mol. The third-order valence-corrected chi connectivity index (χ3v) is 4.28. The average molecular weight is 318 g/mol. The van der Waals surface area contributed by atoms with Gasteiger partial charge in [-0.05, 0) is 37.1 Å². The van der Waals surface area contributed by atoms with Gasteiger partial charge in [0.05, 0.1) is 6.42 Å². The van der Waals surface area contributed by atoms with E-state index in [9.17, 15) is 14.4 Å². The molecule has 6 heteroatoms. The molecule has 6 nitrogen and oxygen atoms in total. The van der Waals surface area contributed by atoms with Gasteiger partial charge in [0.25, 0.3) is 5.91 Å². The van der Waals surface area contributed by atoms with Crippen LogP contribution in [0, 0.1) is 5.41 Å². The lowest BCUT2D eigenvalue weighted by atomic mass is 9.88. The van der Waals surface area contributed by atoms with Crippen molar-refractivity contribution < 1.29 is 19.5 Å². The van der Waals surface area contributed by atoms with Crippen molar-refractivity contribution in [3.63, 3.8) is 0 Å². The summed E-state index contributed by atoms with van der Waals surface area (Å²) in [5.41, 5.74) is 0.790. The quantitative estimate of drug-likeness (QED) is 0.750. The Bertz CT molecular complexity index is 589. The lowest BCUT2D eigenvalue weighted by Gasteiger charge is -2.22. The SMILES string of the molecule is CC1(C(=O)Nc2ccc(C(=O)NCCC(=O)O)cc2)CCCC1. The topological polar surface area (TPSA) is 95.5 Å². The van der Waals surface area contributed by atoms with Crippen LogP contribution < -0.4 is 10.6 Å². The minimum absolute atomic E-state index is 0.0219. The van der Waals surface area contributed by atoms with E-state index in [0.717, 1.165) is 25.7 Å². The summed E-state index contributed by atoms with van der Waals surface area (Å²) in [4.78, 5) is 34.6. The Morgan fingerprint density at radius 2 is 1.74 bits per heavy atom. The molecular formula is C17H22N2O4. The first-order valence-electron chi connectivity index (χ1n) is 7.82. The Hall–Kier alpha value is -2.37. The minimum atomic E-state index is -0.955. The highest BCUT2D eigenvalue weighted by atomic mass is 16.4. The van der Waals surface area contributed by atoms with Crippen molar-refractivity contribution in [1.29, 1.82) is 0 Å². The van der Waals surface area contributed by atoms with E-state index in [1.54, 1.807) is 24.3 Å². The number of rotatable bonds is 6. The molecule has 124 valence electrons. The summed E-state index contributed by atoms with van der Waals surface area (Å²) in [5, 5.41) is 14.0. The Morgan fingerprint density at radius 3 is 2.30 bits per heavy atom. The molecule has 0 heterocycles. The second-order valence-electron chi connectivity index (χ2n) is 6.20. The van der Waals surface area contributed by atoms with Crippen LogP contribution in [0.1, 0.15) is 49.4 Å². The highest BCUT2D eigenvalue weighted by Gasteiger charge is 2.36. The van der Waals surface area contributed by atoms with Crippen LogP contribution >= 0.6 is 0 Å². The van der Waals surface area contributed by atoms with Crippen LogP contribution in [0.25, 0.3) is 0 Å². The van der Waals surface area contributed by atoms with Gasteiger partial charge in [0.1, 0.15) is 0 Å². The monoisotopic (exact) mass is 318 g/mol. The van der Waals surface area contributed by atoms with Crippen LogP contribution in [-0.4, -0.2) is 29.4 Å². The van der Waals surface area contributed by atoms with Gasteiger partial charge in [-0.15, -0.1) is 0 Å². The maximum absolute atomic E-state index is 12.3. The van der Waals surface area contributed by atoms with E-state index in [-0.39, 0.29) is 30.2 Å². The molecule has 3 N–H and O–H groups in total. The van der Waals surface area contributed by atoms with Crippen molar-refractivity contribution in [3.8, 4) is 0 Å². The van der Waals surface area contributed by atoms with Crippen molar-refractivity contribution in [1.82, 2.24) is 5.32 Å². The molecule has 1 aromatic rings. The summed E-state index contributed by atoms with van der Waals surface area (Å²) in [6.45, 7) is 2.07. The number of anilines is 1. The van der Waals surface area contributed by atoms with Gasteiger partial charge in [-0.3, -0.25) is 14.4 Å². The van der Waals surface area contributed by atoms with Crippen LogP contribution in [-0.2, 0) is 9.59 Å². The summed E-state index contributed by atoms with van der Waals surface area (Å²) in [5.74, 6) is -1.26. The van der Waals surface area contributed by atoms with Gasteiger partial charge < -0.3 is 15.7 Å². The molecule has 0 unspecified atom stereocenters. The largest absolute Gasteiger partial charge is 0.481 e. The van der Waals surface area contributed by atoms with Crippen LogP contribution in [0.3, 0.4) is 0 Å². The van der Waals surface area contributed by atoms with Crippen molar-refractivity contribution in [2.75, 3.05) is 11.9 Å². The first-order valence-corrected chi connectivity index (χ1v) is 7.82. The van der Waals surface area contributed by atoms with Crippen LogP contribution in [0.15, 0.2) is 24.3 Å². The van der Waals surface area contributed by atoms with Crippen molar-refractivity contribution in [2.45, 2.75) is 39.0 Å². The summed E-state index contributed by atoms with van der Waals surface area (Å²) in [6.07, 6.45) is 3.86. The highest BCUT2D eigenvalue weighted by Crippen LogP contribution is 2.38. The molecule has 0 radical (unpaired) electrons. The maximum atomic E-state index is 12.3. The number of benzene rings is 1. The zero-order valence-corrected chi connectivity index (χ0v) is 13.2. The molecule has 1 aliphatic carbocycles. The molecule has 0 saturated heterocycles. The van der Waals surface area contributed by atoms with Crippen LogP contribution in [0.5, 0.6) is 0 Å². The molecule has 0 aromatic heterocycles. The Morgan fingerprint density at radius 1 is 1.13 bits per heavy atom. The van der Waals surface area contributed by atoms with Gasteiger partial charge in [0, 0.05) is 23.2 Å². The number of carbonyl (C=O) groups excluding carboxylic acids is 2. The van der Waals surface area contributed by atoms with Gasteiger partial charge >= 0.3 is 5.97 Å². The Balaban J connectivity index is 1.90. The molecule has 0 bridgehead atoms. The molecule has 0 spiro atoms. The lowest BCUT2D eigenvalue weighted by molar-refractivity contribution is -0.136. The van der Waals surface area contributed by atoms with Gasteiger partial charge in [-0.25, -0.2) is 0 Å². The molecule has 1 aromatic carbocycles. The molecule has 2 amide bonds. The number of hydrogen-bond donors (Lipinski definition) is 3. The fourth-order valence-corrected chi connectivity index (χ4v) is 2.75. The van der Waals surface area contributed by atoms with E-state index in [2.05, 4.69) is 10.6 Å². The molecule has 2 rings (SSSR count). The number of aliphatic carboxylic acids is 1. The third kappa shape index (κ3) is 4.55. The molecule has 0 aliphatic heterocycles. The summed E-state index contributed by atoms with van der Waals surface area (Å²) >= 11 is 0. The van der Waals surface area contributed by atoms with Gasteiger partial charge in [0.15, 0.2) is 0 Å². The summed E-state index contributed by atoms with van der Waals surface area (Å²) in [7, 11) is 0. The first-order chi connectivity index (χ1) is 10.9. The minimum Gasteiger partial charge on any atom is -0.481 e. The zero-order chi connectivity index (χ0) is 16.9. The first kappa shape index (κ1) is 17.0. The summed E-state index contributed by atoms with van der Waals surface area (Å²) in [6, 6.07) is 6.59. The fourth-order valence-electron chi connectivity index (χ4n) is 2.75. The third-order valence-electron chi connectivity index (χ3n) is 4.28. The van der Waals surface area contributed by atoms with Crippen LogP contribution in [0.4, 0.5) is 5.69 Å². The van der Waals surface area contributed by atoms with Gasteiger partial charge in [-0.1, -0.05) is 19.8 Å². The van der Waals surface area contributed by atoms with Crippen molar-refractivity contribution in [3.05, 3.63) is 29.8 Å². The smallest absolute Gasteiger partial charge is 0.305 e. The average Bonchev–Trinajstić information content (AvgIpc) is 2.95. The van der Waals surface area contributed by atoms with E-state index in [1.165, 1.54) is 0 Å². The van der Waals surface area contributed by atoms with Crippen LogP contribution in [0.2, 0.25) is 0 Å². The predicted molar refractivity (Wildman–Crippen MR) is 86.2 cm³/mol. The second kappa shape index (κ2) is 7.26. The molecule has 1 saturated carbocycles. The van der Waals surface area contributed by atoms with Crippen molar-refractivity contribution >= 4 is 23.5 Å². The normalized spacial score (nSPS) is 15.9. The van der Waals surface area contributed by atoms with Crippen molar-refractivity contribution in [2.24, 2.45) is 5.41 Å². The highest BCUT2D eigenvalue weighted by molar-refractivity contribution is 5.97.